The zero-order valence-electron chi connectivity index (χ0n) is 5.67. The maximum atomic E-state index is 3.81. The van der Waals surface area contributed by atoms with E-state index in [9.17, 15) is 0 Å². The Hall–Kier alpha value is -1.12. The molecule has 0 fully saturated rings. The molecule has 0 atom stereocenters. The van der Waals surface area contributed by atoms with E-state index in [0.717, 1.165) is 18.7 Å². The second-order valence-corrected chi connectivity index (χ2v) is 2.46. The molecule has 1 aliphatic rings. The van der Waals surface area contributed by atoms with Crippen molar-refractivity contribution >= 4 is 5.69 Å². The number of hydrogen-bond donors (Lipinski definition) is 1. The number of hydrogen-bond acceptors (Lipinski definition) is 3. The van der Waals surface area contributed by atoms with Crippen LogP contribution in [0.15, 0.2) is 12.4 Å². The van der Waals surface area contributed by atoms with Gasteiger partial charge in [-0.25, -0.2) is 0 Å². The van der Waals surface area contributed by atoms with Crippen LogP contribution in [-0.4, -0.2) is 16.7 Å². The summed E-state index contributed by atoms with van der Waals surface area (Å²) in [6.45, 7) is 1.07. The van der Waals surface area contributed by atoms with Crippen LogP contribution in [-0.2, 0) is 6.42 Å². The molecule has 1 aromatic heterocycles. The Kier molecular flexibility index (Phi) is 1.27. The quantitative estimate of drug-likeness (QED) is 0.572. The van der Waals surface area contributed by atoms with Gasteiger partial charge in [0.05, 0.1) is 18.1 Å². The molecule has 0 spiro atoms. The van der Waals surface area contributed by atoms with Crippen molar-refractivity contribution in [1.82, 2.24) is 10.2 Å². The molecule has 3 heteroatoms. The largest absolute Gasteiger partial charge is 0.383 e. The first-order valence-corrected chi connectivity index (χ1v) is 3.50. The van der Waals surface area contributed by atoms with Crippen LogP contribution in [0.1, 0.15) is 12.0 Å². The van der Waals surface area contributed by atoms with Crippen molar-refractivity contribution in [2.24, 2.45) is 0 Å². The van der Waals surface area contributed by atoms with Gasteiger partial charge in [-0.3, -0.25) is 0 Å². The van der Waals surface area contributed by atoms with Crippen LogP contribution in [0.5, 0.6) is 0 Å². The van der Waals surface area contributed by atoms with Gasteiger partial charge in [-0.1, -0.05) is 0 Å². The monoisotopic (exact) mass is 135 g/mol. The fraction of sp³-hybridized carbons (Fsp3) is 0.429. The molecular formula is C7H9N3. The van der Waals surface area contributed by atoms with Crippen molar-refractivity contribution in [3.05, 3.63) is 18.0 Å². The van der Waals surface area contributed by atoms with E-state index in [0.29, 0.717) is 0 Å². The van der Waals surface area contributed by atoms with Crippen LogP contribution < -0.4 is 5.32 Å². The molecule has 0 aliphatic carbocycles. The van der Waals surface area contributed by atoms with Crippen LogP contribution in [0.3, 0.4) is 0 Å². The second-order valence-electron chi connectivity index (χ2n) is 2.46. The highest BCUT2D eigenvalue weighted by molar-refractivity contribution is 5.49. The van der Waals surface area contributed by atoms with E-state index in [1.807, 2.05) is 6.20 Å². The zero-order chi connectivity index (χ0) is 6.81. The minimum absolute atomic E-state index is 1.07. The van der Waals surface area contributed by atoms with Crippen LogP contribution >= 0.6 is 0 Å². The predicted molar refractivity (Wildman–Crippen MR) is 38.8 cm³/mol. The summed E-state index contributed by atoms with van der Waals surface area (Å²) in [5.41, 5.74) is 2.45. The highest BCUT2D eigenvalue weighted by atomic mass is 15.1. The SMILES string of the molecule is c1nncc2c1CCCN2. The molecule has 10 heavy (non-hydrogen) atoms. The number of rotatable bonds is 0. The Labute approximate surface area is 59.5 Å². The van der Waals surface area contributed by atoms with E-state index in [-0.39, 0.29) is 0 Å². The van der Waals surface area contributed by atoms with Gasteiger partial charge in [0, 0.05) is 6.54 Å². The van der Waals surface area contributed by atoms with E-state index in [2.05, 4.69) is 15.5 Å². The number of aryl methyl sites for hydroxylation is 1. The summed E-state index contributed by atoms with van der Waals surface area (Å²) >= 11 is 0. The van der Waals surface area contributed by atoms with E-state index in [1.165, 1.54) is 12.0 Å². The predicted octanol–water partition coefficient (Wildman–Crippen LogP) is 0.835. The number of fused-ring (bicyclic) bond motifs is 1. The van der Waals surface area contributed by atoms with Crippen molar-refractivity contribution in [1.29, 1.82) is 0 Å². The lowest BCUT2D eigenvalue weighted by atomic mass is 10.1. The summed E-state index contributed by atoms with van der Waals surface area (Å²) < 4.78 is 0. The second kappa shape index (κ2) is 2.25. The molecule has 1 aliphatic heterocycles. The number of aromatic nitrogens is 2. The molecule has 1 N–H and O–H groups in total. The maximum absolute atomic E-state index is 3.81. The normalized spacial score (nSPS) is 15.6. The van der Waals surface area contributed by atoms with Gasteiger partial charge in [-0.15, -0.1) is 0 Å². The molecular weight excluding hydrogens is 126 g/mol. The molecule has 0 unspecified atom stereocenters. The number of nitrogens with zero attached hydrogens (tertiary/aromatic N) is 2. The van der Waals surface area contributed by atoms with Gasteiger partial charge in [0.1, 0.15) is 0 Å². The van der Waals surface area contributed by atoms with Gasteiger partial charge in [0.2, 0.25) is 0 Å². The molecule has 1 aromatic rings. The van der Waals surface area contributed by atoms with Gasteiger partial charge in [0.25, 0.3) is 0 Å². The molecule has 2 rings (SSSR count). The molecule has 0 saturated heterocycles. The minimum Gasteiger partial charge on any atom is -0.383 e. The third-order valence-electron chi connectivity index (χ3n) is 1.75. The fourth-order valence-corrected chi connectivity index (χ4v) is 1.21. The van der Waals surface area contributed by atoms with Crippen LogP contribution in [0.4, 0.5) is 5.69 Å². The highest BCUT2D eigenvalue weighted by Crippen LogP contribution is 2.17. The maximum Gasteiger partial charge on any atom is 0.0730 e. The molecule has 0 radical (unpaired) electrons. The summed E-state index contributed by atoms with van der Waals surface area (Å²) in [6, 6.07) is 0. The molecule has 3 nitrogen and oxygen atoms in total. The molecule has 0 amide bonds. The molecule has 0 saturated carbocycles. The Morgan fingerprint density at radius 1 is 1.30 bits per heavy atom. The van der Waals surface area contributed by atoms with Gasteiger partial charge < -0.3 is 5.32 Å². The first-order valence-electron chi connectivity index (χ1n) is 3.50. The first kappa shape index (κ1) is 5.65. The van der Waals surface area contributed by atoms with Crippen molar-refractivity contribution in [3.8, 4) is 0 Å². The summed E-state index contributed by atoms with van der Waals surface area (Å²) in [4.78, 5) is 0. The van der Waals surface area contributed by atoms with Crippen molar-refractivity contribution in [2.75, 3.05) is 11.9 Å². The summed E-state index contributed by atoms with van der Waals surface area (Å²) in [5, 5.41) is 10.9. The van der Waals surface area contributed by atoms with E-state index in [4.69, 9.17) is 0 Å². The summed E-state index contributed by atoms with van der Waals surface area (Å²) in [6.07, 6.45) is 5.96. The molecule has 0 bridgehead atoms. The van der Waals surface area contributed by atoms with Crippen molar-refractivity contribution < 1.29 is 0 Å². The molecule has 2 heterocycles. The van der Waals surface area contributed by atoms with E-state index < -0.39 is 0 Å². The smallest absolute Gasteiger partial charge is 0.0730 e. The minimum atomic E-state index is 1.07. The first-order chi connectivity index (χ1) is 4.97. The average molecular weight is 135 g/mol. The van der Waals surface area contributed by atoms with Gasteiger partial charge in [-0.05, 0) is 18.4 Å². The topological polar surface area (TPSA) is 37.8 Å². The molecule has 0 aromatic carbocycles. The van der Waals surface area contributed by atoms with Crippen molar-refractivity contribution in [3.63, 3.8) is 0 Å². The molecule has 52 valence electrons. The van der Waals surface area contributed by atoms with E-state index >= 15 is 0 Å². The van der Waals surface area contributed by atoms with Gasteiger partial charge in [-0.2, -0.15) is 10.2 Å². The van der Waals surface area contributed by atoms with E-state index in [1.54, 1.807) is 6.20 Å². The third-order valence-corrected chi connectivity index (χ3v) is 1.75. The van der Waals surface area contributed by atoms with Gasteiger partial charge in [0.15, 0.2) is 0 Å². The summed E-state index contributed by atoms with van der Waals surface area (Å²) in [5.74, 6) is 0. The summed E-state index contributed by atoms with van der Waals surface area (Å²) in [7, 11) is 0. The Balaban J connectivity index is 2.41. The number of nitrogens with one attached hydrogen (secondary N) is 1. The standard InChI is InChI=1S/C7H9N3/c1-2-6-4-9-10-5-7(6)8-3-1/h4-5,8H,1-3H2. The number of anilines is 1. The van der Waals surface area contributed by atoms with Crippen molar-refractivity contribution in [2.45, 2.75) is 12.8 Å². The van der Waals surface area contributed by atoms with Gasteiger partial charge >= 0.3 is 0 Å². The third kappa shape index (κ3) is 0.835. The Morgan fingerprint density at radius 2 is 2.20 bits per heavy atom. The lowest BCUT2D eigenvalue weighted by Gasteiger charge is -2.15. The van der Waals surface area contributed by atoms with Crippen LogP contribution in [0.25, 0.3) is 0 Å². The lowest BCUT2D eigenvalue weighted by molar-refractivity contribution is 0.811. The Morgan fingerprint density at radius 3 is 3.10 bits per heavy atom. The van der Waals surface area contributed by atoms with Crippen LogP contribution in [0, 0.1) is 0 Å². The zero-order valence-corrected chi connectivity index (χ0v) is 5.67. The fourth-order valence-electron chi connectivity index (χ4n) is 1.21. The highest BCUT2D eigenvalue weighted by Gasteiger charge is 2.06. The van der Waals surface area contributed by atoms with Crippen LogP contribution in [0.2, 0.25) is 0 Å². The average Bonchev–Trinajstić information content (AvgIpc) is 2.05. The Bertz CT molecular complexity index is 209. The lowest BCUT2D eigenvalue weighted by Crippen LogP contribution is -2.12.